The number of para-hydroxylation sites is 1. The van der Waals surface area contributed by atoms with Crippen LogP contribution in [0.4, 0.5) is 17.3 Å². The largest absolute Gasteiger partial charge is 0.462 e. The maximum Gasteiger partial charge on any atom is 0.136 e. The van der Waals surface area contributed by atoms with Crippen molar-refractivity contribution in [2.24, 2.45) is 0 Å². The zero-order chi connectivity index (χ0) is 12.4. The van der Waals surface area contributed by atoms with E-state index in [0.29, 0.717) is 0 Å². The number of hydrogen-bond acceptors (Lipinski definition) is 5. The van der Waals surface area contributed by atoms with Crippen LogP contribution in [0, 0.1) is 0 Å². The van der Waals surface area contributed by atoms with Crippen molar-refractivity contribution in [3.8, 4) is 0 Å². The highest BCUT2D eigenvalue weighted by Gasteiger charge is 2.06. The van der Waals surface area contributed by atoms with Gasteiger partial charge in [0.25, 0.3) is 0 Å². The van der Waals surface area contributed by atoms with Gasteiger partial charge in [0.15, 0.2) is 0 Å². The standard InChI is InChI=1S/C13H12N4O/c1-14-12-6-13(16-8-15-12)17-10-7-18-11-5-3-2-4-9(10)11/h2-8H,1H3,(H2,14,15,16,17). The number of fused-ring (bicyclic) bond motifs is 1. The van der Waals surface area contributed by atoms with E-state index in [0.717, 1.165) is 28.3 Å². The van der Waals surface area contributed by atoms with Crippen LogP contribution >= 0.6 is 0 Å². The monoisotopic (exact) mass is 240 g/mol. The van der Waals surface area contributed by atoms with Crippen molar-refractivity contribution in [1.29, 1.82) is 0 Å². The quantitative estimate of drug-likeness (QED) is 0.736. The maximum absolute atomic E-state index is 5.46. The molecule has 1 aromatic carbocycles. The lowest BCUT2D eigenvalue weighted by Crippen LogP contribution is -1.97. The van der Waals surface area contributed by atoms with Crippen LogP contribution in [0.2, 0.25) is 0 Å². The molecule has 0 saturated carbocycles. The average Bonchev–Trinajstić information content (AvgIpc) is 2.83. The second-order valence-corrected chi connectivity index (χ2v) is 3.81. The zero-order valence-electron chi connectivity index (χ0n) is 9.84. The van der Waals surface area contributed by atoms with Crippen LogP contribution in [-0.4, -0.2) is 17.0 Å². The lowest BCUT2D eigenvalue weighted by Gasteiger charge is -2.04. The second kappa shape index (κ2) is 4.37. The fourth-order valence-electron chi connectivity index (χ4n) is 1.77. The summed E-state index contributed by atoms with van der Waals surface area (Å²) in [5.74, 6) is 1.49. The average molecular weight is 240 g/mol. The first-order valence-corrected chi connectivity index (χ1v) is 5.60. The molecule has 0 radical (unpaired) electrons. The SMILES string of the molecule is CNc1cc(Nc2coc3ccccc23)ncn1. The number of furan rings is 1. The smallest absolute Gasteiger partial charge is 0.136 e. The number of benzene rings is 1. The molecule has 0 fully saturated rings. The molecule has 0 unspecified atom stereocenters. The highest BCUT2D eigenvalue weighted by Crippen LogP contribution is 2.27. The number of nitrogens with one attached hydrogen (secondary N) is 2. The van der Waals surface area contributed by atoms with Crippen LogP contribution in [0.1, 0.15) is 0 Å². The van der Waals surface area contributed by atoms with E-state index in [9.17, 15) is 0 Å². The topological polar surface area (TPSA) is 63.0 Å². The Bertz CT molecular complexity index is 677. The van der Waals surface area contributed by atoms with Crippen LogP contribution in [-0.2, 0) is 0 Å². The van der Waals surface area contributed by atoms with E-state index in [1.54, 1.807) is 6.26 Å². The molecule has 0 aliphatic carbocycles. The summed E-state index contributed by atoms with van der Waals surface area (Å²) in [5, 5.41) is 7.22. The number of aromatic nitrogens is 2. The van der Waals surface area contributed by atoms with E-state index in [1.807, 2.05) is 37.4 Å². The summed E-state index contributed by atoms with van der Waals surface area (Å²) in [5.41, 5.74) is 1.74. The minimum Gasteiger partial charge on any atom is -0.462 e. The Morgan fingerprint density at radius 3 is 2.83 bits per heavy atom. The first-order valence-electron chi connectivity index (χ1n) is 5.60. The van der Waals surface area contributed by atoms with Crippen molar-refractivity contribution in [2.45, 2.75) is 0 Å². The lowest BCUT2D eigenvalue weighted by atomic mass is 10.2. The summed E-state index contributed by atoms with van der Waals surface area (Å²) in [7, 11) is 1.82. The third kappa shape index (κ3) is 1.86. The van der Waals surface area contributed by atoms with E-state index < -0.39 is 0 Å². The van der Waals surface area contributed by atoms with Crippen molar-refractivity contribution in [1.82, 2.24) is 9.97 Å². The lowest BCUT2D eigenvalue weighted by molar-refractivity contribution is 0.617. The van der Waals surface area contributed by atoms with Crippen LogP contribution in [0.25, 0.3) is 11.0 Å². The van der Waals surface area contributed by atoms with Crippen LogP contribution in [0.5, 0.6) is 0 Å². The summed E-state index contributed by atoms with van der Waals surface area (Å²) < 4.78 is 5.46. The summed E-state index contributed by atoms with van der Waals surface area (Å²) in [4.78, 5) is 8.23. The fourth-order valence-corrected chi connectivity index (χ4v) is 1.77. The molecule has 2 aromatic heterocycles. The van der Waals surface area contributed by atoms with Gasteiger partial charge >= 0.3 is 0 Å². The molecular weight excluding hydrogens is 228 g/mol. The Labute approximate surface area is 104 Å². The van der Waals surface area contributed by atoms with Gasteiger partial charge in [-0.3, -0.25) is 0 Å². The molecule has 3 rings (SSSR count). The van der Waals surface area contributed by atoms with E-state index in [1.165, 1.54) is 6.33 Å². The molecule has 90 valence electrons. The molecule has 0 atom stereocenters. The summed E-state index contributed by atoms with van der Waals surface area (Å²) >= 11 is 0. The summed E-state index contributed by atoms with van der Waals surface area (Å²) in [6.45, 7) is 0. The van der Waals surface area contributed by atoms with Gasteiger partial charge in [0.05, 0.1) is 5.69 Å². The van der Waals surface area contributed by atoms with Crippen LogP contribution in [0.15, 0.2) is 47.3 Å². The predicted octanol–water partition coefficient (Wildman–Crippen LogP) is 3.01. The van der Waals surface area contributed by atoms with Gasteiger partial charge in [0, 0.05) is 18.5 Å². The van der Waals surface area contributed by atoms with Gasteiger partial charge in [0.2, 0.25) is 0 Å². The Morgan fingerprint density at radius 2 is 1.94 bits per heavy atom. The molecular formula is C13H12N4O. The van der Waals surface area contributed by atoms with Gasteiger partial charge in [-0.2, -0.15) is 0 Å². The highest BCUT2D eigenvalue weighted by molar-refractivity contribution is 5.92. The molecule has 5 nitrogen and oxygen atoms in total. The molecule has 0 aliphatic rings. The van der Waals surface area contributed by atoms with Crippen molar-refractivity contribution in [2.75, 3.05) is 17.7 Å². The van der Waals surface area contributed by atoms with Gasteiger partial charge in [-0.05, 0) is 12.1 Å². The fraction of sp³-hybridized carbons (Fsp3) is 0.0769. The molecule has 0 saturated heterocycles. The molecule has 2 N–H and O–H groups in total. The second-order valence-electron chi connectivity index (χ2n) is 3.81. The van der Waals surface area contributed by atoms with E-state index in [2.05, 4.69) is 20.6 Å². The van der Waals surface area contributed by atoms with Gasteiger partial charge in [-0.25, -0.2) is 9.97 Å². The third-order valence-electron chi connectivity index (χ3n) is 2.67. The molecule has 2 heterocycles. The predicted molar refractivity (Wildman–Crippen MR) is 71.1 cm³/mol. The molecule has 3 aromatic rings. The van der Waals surface area contributed by atoms with Gasteiger partial charge in [0.1, 0.15) is 29.8 Å². The Balaban J connectivity index is 1.96. The first-order chi connectivity index (χ1) is 8.86. The molecule has 18 heavy (non-hydrogen) atoms. The van der Waals surface area contributed by atoms with E-state index in [-0.39, 0.29) is 0 Å². The maximum atomic E-state index is 5.46. The minimum atomic E-state index is 0.723. The number of hydrogen-bond donors (Lipinski definition) is 2. The van der Waals surface area contributed by atoms with Gasteiger partial charge < -0.3 is 15.1 Å². The van der Waals surface area contributed by atoms with Crippen molar-refractivity contribution in [3.63, 3.8) is 0 Å². The molecule has 5 heteroatoms. The van der Waals surface area contributed by atoms with E-state index in [4.69, 9.17) is 4.42 Å². The minimum absolute atomic E-state index is 0.723. The molecule has 0 bridgehead atoms. The number of anilines is 3. The van der Waals surface area contributed by atoms with Crippen molar-refractivity contribution in [3.05, 3.63) is 42.9 Å². The zero-order valence-corrected chi connectivity index (χ0v) is 9.84. The van der Waals surface area contributed by atoms with Crippen molar-refractivity contribution >= 4 is 28.3 Å². The first kappa shape index (κ1) is 10.6. The summed E-state index contributed by atoms with van der Waals surface area (Å²) in [6.07, 6.45) is 3.20. The Morgan fingerprint density at radius 1 is 1.11 bits per heavy atom. The number of nitrogens with zero attached hydrogens (tertiary/aromatic N) is 2. The van der Waals surface area contributed by atoms with Crippen molar-refractivity contribution < 1.29 is 4.42 Å². The van der Waals surface area contributed by atoms with Gasteiger partial charge in [-0.15, -0.1) is 0 Å². The highest BCUT2D eigenvalue weighted by atomic mass is 16.3. The Kier molecular flexibility index (Phi) is 2.57. The molecule has 0 spiro atoms. The van der Waals surface area contributed by atoms with E-state index >= 15 is 0 Å². The normalized spacial score (nSPS) is 10.5. The van der Waals surface area contributed by atoms with Crippen LogP contribution in [0.3, 0.4) is 0 Å². The van der Waals surface area contributed by atoms with Crippen LogP contribution < -0.4 is 10.6 Å². The third-order valence-corrected chi connectivity index (χ3v) is 2.67. The Hall–Kier alpha value is -2.56. The number of rotatable bonds is 3. The molecule has 0 amide bonds. The van der Waals surface area contributed by atoms with Gasteiger partial charge in [-0.1, -0.05) is 12.1 Å². The molecule has 0 aliphatic heterocycles. The summed E-state index contributed by atoms with van der Waals surface area (Å²) in [6, 6.07) is 9.68.